The summed E-state index contributed by atoms with van der Waals surface area (Å²) in [5, 5.41) is 3.28. The van der Waals surface area contributed by atoms with Gasteiger partial charge in [-0.05, 0) is 24.6 Å². The smallest absolute Gasteiger partial charge is 0.309 e. The van der Waals surface area contributed by atoms with E-state index in [4.69, 9.17) is 11.6 Å². The lowest BCUT2D eigenvalue weighted by atomic mass is 10.0. The molecule has 18 heavy (non-hydrogen) atoms. The summed E-state index contributed by atoms with van der Waals surface area (Å²) >= 11 is 5.69. The minimum atomic E-state index is -0.434. The van der Waals surface area contributed by atoms with Crippen molar-refractivity contribution in [1.29, 1.82) is 0 Å². The average molecular weight is 274 g/mol. The Labute approximate surface area is 111 Å². The Morgan fingerprint density at radius 3 is 2.72 bits per heavy atom. The molecule has 1 rings (SSSR count). The van der Waals surface area contributed by atoms with Crippen LogP contribution in [0.3, 0.4) is 0 Å². The molecule has 0 spiro atoms. The number of rotatable bonds is 5. The molecule has 1 aromatic rings. The van der Waals surface area contributed by atoms with E-state index in [2.05, 4.69) is 10.1 Å². The Balaban J connectivity index is 2.54. The van der Waals surface area contributed by atoms with Gasteiger partial charge < -0.3 is 10.1 Å². The second-order valence-corrected chi connectivity index (χ2v) is 4.64. The van der Waals surface area contributed by atoms with Gasteiger partial charge in [0.1, 0.15) is 5.82 Å². The van der Waals surface area contributed by atoms with Gasteiger partial charge in [0.15, 0.2) is 0 Å². The monoisotopic (exact) mass is 273 g/mol. The summed E-state index contributed by atoms with van der Waals surface area (Å²) in [6, 6.07) is 4.51. The third-order valence-corrected chi connectivity index (χ3v) is 3.22. The van der Waals surface area contributed by atoms with Crippen molar-refractivity contribution in [3.05, 3.63) is 34.6 Å². The Morgan fingerprint density at radius 1 is 1.50 bits per heavy atom. The van der Waals surface area contributed by atoms with Gasteiger partial charge in [0.25, 0.3) is 0 Å². The number of nitrogens with one attached hydrogen (secondary N) is 1. The first-order valence-corrected chi connectivity index (χ1v) is 6.08. The van der Waals surface area contributed by atoms with E-state index in [1.165, 1.54) is 13.2 Å². The largest absolute Gasteiger partial charge is 0.469 e. The molecule has 0 saturated heterocycles. The summed E-state index contributed by atoms with van der Waals surface area (Å²) in [6.07, 6.45) is 0. The lowest BCUT2D eigenvalue weighted by Gasteiger charge is -2.19. The molecular weight excluding hydrogens is 257 g/mol. The van der Waals surface area contributed by atoms with Crippen molar-refractivity contribution < 1.29 is 13.9 Å². The highest BCUT2D eigenvalue weighted by molar-refractivity contribution is 6.30. The van der Waals surface area contributed by atoms with Crippen LogP contribution in [-0.2, 0) is 16.1 Å². The van der Waals surface area contributed by atoms with E-state index < -0.39 is 5.82 Å². The molecule has 1 N–H and O–H groups in total. The third-order valence-electron chi connectivity index (χ3n) is 2.94. The summed E-state index contributed by atoms with van der Waals surface area (Å²) in [4.78, 5) is 11.3. The highest BCUT2D eigenvalue weighted by atomic mass is 35.5. The van der Waals surface area contributed by atoms with Gasteiger partial charge in [-0.1, -0.05) is 24.6 Å². The number of benzene rings is 1. The maximum Gasteiger partial charge on any atom is 0.309 e. The van der Waals surface area contributed by atoms with Crippen molar-refractivity contribution in [2.24, 2.45) is 5.92 Å². The second kappa shape index (κ2) is 6.71. The molecule has 0 bridgehead atoms. The maximum absolute atomic E-state index is 13.0. The van der Waals surface area contributed by atoms with Crippen LogP contribution in [-0.4, -0.2) is 19.1 Å². The SMILES string of the molecule is COC(=O)C(C)C(C)NCc1ccc(F)c(Cl)c1. The second-order valence-electron chi connectivity index (χ2n) is 4.23. The molecule has 0 saturated carbocycles. The fourth-order valence-corrected chi connectivity index (χ4v) is 1.70. The molecule has 0 aliphatic heterocycles. The number of methoxy groups -OCH3 is 1. The molecule has 5 heteroatoms. The van der Waals surface area contributed by atoms with Crippen LogP contribution in [0.5, 0.6) is 0 Å². The summed E-state index contributed by atoms with van der Waals surface area (Å²) < 4.78 is 17.6. The van der Waals surface area contributed by atoms with Gasteiger partial charge >= 0.3 is 5.97 Å². The first-order chi connectivity index (χ1) is 8.45. The number of carbonyl (C=O) groups excluding carboxylic acids is 1. The molecule has 0 aliphatic rings. The van der Waals surface area contributed by atoms with Crippen molar-refractivity contribution >= 4 is 17.6 Å². The first kappa shape index (κ1) is 14.9. The quantitative estimate of drug-likeness (QED) is 0.839. The number of carbonyl (C=O) groups is 1. The van der Waals surface area contributed by atoms with Gasteiger partial charge in [-0.2, -0.15) is 0 Å². The summed E-state index contributed by atoms with van der Waals surface area (Å²) in [5.41, 5.74) is 0.866. The molecule has 0 amide bonds. The molecular formula is C13H17ClFNO2. The predicted octanol–water partition coefficient (Wildman–Crippen LogP) is 2.77. The van der Waals surface area contributed by atoms with Gasteiger partial charge in [0.2, 0.25) is 0 Å². The Bertz CT molecular complexity index is 425. The van der Waals surface area contributed by atoms with Crippen molar-refractivity contribution in [3.63, 3.8) is 0 Å². The van der Waals surface area contributed by atoms with E-state index >= 15 is 0 Å². The van der Waals surface area contributed by atoms with E-state index in [1.807, 2.05) is 6.92 Å². The molecule has 0 radical (unpaired) electrons. The van der Waals surface area contributed by atoms with Crippen molar-refractivity contribution in [3.8, 4) is 0 Å². The van der Waals surface area contributed by atoms with Gasteiger partial charge in [0.05, 0.1) is 18.1 Å². The maximum atomic E-state index is 13.0. The number of ether oxygens (including phenoxy) is 1. The van der Waals surface area contributed by atoms with Crippen molar-refractivity contribution in [1.82, 2.24) is 5.32 Å². The van der Waals surface area contributed by atoms with Crippen LogP contribution in [0.1, 0.15) is 19.4 Å². The third kappa shape index (κ3) is 3.96. The molecule has 1 aromatic carbocycles. The van der Waals surface area contributed by atoms with Crippen LogP contribution in [0.15, 0.2) is 18.2 Å². The van der Waals surface area contributed by atoms with Crippen LogP contribution in [0.25, 0.3) is 0 Å². The van der Waals surface area contributed by atoms with E-state index in [-0.39, 0.29) is 23.0 Å². The molecule has 100 valence electrons. The molecule has 0 fully saturated rings. The van der Waals surface area contributed by atoms with Crippen LogP contribution in [0.2, 0.25) is 5.02 Å². The molecule has 0 heterocycles. The average Bonchev–Trinajstić information content (AvgIpc) is 2.37. The van der Waals surface area contributed by atoms with Crippen molar-refractivity contribution in [2.45, 2.75) is 26.4 Å². The number of hydrogen-bond donors (Lipinski definition) is 1. The van der Waals surface area contributed by atoms with E-state index in [9.17, 15) is 9.18 Å². The minimum absolute atomic E-state index is 0.0405. The lowest BCUT2D eigenvalue weighted by Crippen LogP contribution is -2.36. The summed E-state index contributed by atoms with van der Waals surface area (Å²) in [6.45, 7) is 4.20. The standard InChI is InChI=1S/C13H17ClFNO2/c1-8(13(17)18-3)9(2)16-7-10-4-5-12(15)11(14)6-10/h4-6,8-9,16H,7H2,1-3H3. The normalized spacial score (nSPS) is 14.1. The van der Waals surface area contributed by atoms with Gasteiger partial charge in [-0.3, -0.25) is 4.79 Å². The molecule has 0 aliphatic carbocycles. The highest BCUT2D eigenvalue weighted by Crippen LogP contribution is 2.16. The Hall–Kier alpha value is -1.13. The molecule has 2 atom stereocenters. The lowest BCUT2D eigenvalue weighted by molar-refractivity contribution is -0.145. The molecule has 3 nitrogen and oxygen atoms in total. The fourth-order valence-electron chi connectivity index (χ4n) is 1.50. The number of halogens is 2. The van der Waals surface area contributed by atoms with Gasteiger partial charge in [0, 0.05) is 12.6 Å². The van der Waals surface area contributed by atoms with Crippen LogP contribution >= 0.6 is 11.6 Å². The van der Waals surface area contributed by atoms with E-state index in [0.29, 0.717) is 6.54 Å². The van der Waals surface area contributed by atoms with Gasteiger partial charge in [-0.15, -0.1) is 0 Å². The number of hydrogen-bond acceptors (Lipinski definition) is 3. The zero-order valence-electron chi connectivity index (χ0n) is 10.7. The van der Waals surface area contributed by atoms with Crippen LogP contribution in [0, 0.1) is 11.7 Å². The number of esters is 1. The predicted molar refractivity (Wildman–Crippen MR) is 68.9 cm³/mol. The Kier molecular flexibility index (Phi) is 5.56. The molecule has 0 aromatic heterocycles. The van der Waals surface area contributed by atoms with E-state index in [1.54, 1.807) is 19.1 Å². The van der Waals surface area contributed by atoms with Crippen molar-refractivity contribution in [2.75, 3.05) is 7.11 Å². The highest BCUT2D eigenvalue weighted by Gasteiger charge is 2.20. The summed E-state index contributed by atoms with van der Waals surface area (Å²) in [5.74, 6) is -0.936. The van der Waals surface area contributed by atoms with Crippen LogP contribution < -0.4 is 5.32 Å². The van der Waals surface area contributed by atoms with Crippen LogP contribution in [0.4, 0.5) is 4.39 Å². The van der Waals surface area contributed by atoms with Gasteiger partial charge in [-0.25, -0.2) is 4.39 Å². The fraction of sp³-hybridized carbons (Fsp3) is 0.462. The first-order valence-electron chi connectivity index (χ1n) is 5.70. The zero-order valence-corrected chi connectivity index (χ0v) is 11.4. The minimum Gasteiger partial charge on any atom is -0.469 e. The summed E-state index contributed by atoms with van der Waals surface area (Å²) in [7, 11) is 1.37. The van der Waals surface area contributed by atoms with E-state index in [0.717, 1.165) is 5.56 Å². The zero-order chi connectivity index (χ0) is 13.7. The molecule has 2 unspecified atom stereocenters. The Morgan fingerprint density at radius 2 is 2.17 bits per heavy atom. The topological polar surface area (TPSA) is 38.3 Å².